The molecule has 0 spiro atoms. The minimum absolute atomic E-state index is 0.0188. The number of benzene rings is 2. The molecule has 0 bridgehead atoms. The highest BCUT2D eigenvalue weighted by Crippen LogP contribution is 2.34. The summed E-state index contributed by atoms with van der Waals surface area (Å²) in [7, 11) is 3.29. The summed E-state index contributed by atoms with van der Waals surface area (Å²) in [6.07, 6.45) is 2.88. The van der Waals surface area contributed by atoms with Crippen LogP contribution in [0.4, 0.5) is 0 Å². The summed E-state index contributed by atoms with van der Waals surface area (Å²) in [4.78, 5) is 24.4. The second-order valence-electron chi connectivity index (χ2n) is 7.90. The van der Waals surface area contributed by atoms with E-state index in [1.807, 2.05) is 31.2 Å². The lowest BCUT2D eigenvalue weighted by atomic mass is 9.83. The monoisotopic (exact) mass is 398 g/mol. The minimum Gasteiger partial charge on any atom is -0.496 e. The molecule has 0 saturated carbocycles. The van der Waals surface area contributed by atoms with Crippen LogP contribution in [0.25, 0.3) is 10.8 Å². The van der Waals surface area contributed by atoms with Gasteiger partial charge in [0.2, 0.25) is 11.8 Å². The molecule has 6 nitrogen and oxygen atoms in total. The lowest BCUT2D eigenvalue weighted by Crippen LogP contribution is -2.45. The second kappa shape index (κ2) is 9.27. The van der Waals surface area contributed by atoms with Gasteiger partial charge in [-0.25, -0.2) is 0 Å². The van der Waals surface area contributed by atoms with Crippen molar-refractivity contribution >= 4 is 22.6 Å². The smallest absolute Gasteiger partial charge is 0.220 e. The molecule has 29 heavy (non-hydrogen) atoms. The SMILES string of the molecule is COCC(C)NC(=O)CCC1(Cc2ccc(OC)c3ccccc23)CCC(=O)N1. The van der Waals surface area contributed by atoms with E-state index in [1.54, 1.807) is 14.2 Å². The van der Waals surface area contributed by atoms with Crippen molar-refractivity contribution in [2.24, 2.45) is 0 Å². The number of fused-ring (bicyclic) bond motifs is 1. The van der Waals surface area contributed by atoms with Crippen molar-refractivity contribution in [3.8, 4) is 5.75 Å². The van der Waals surface area contributed by atoms with Crippen molar-refractivity contribution in [1.82, 2.24) is 10.6 Å². The number of hydrogen-bond acceptors (Lipinski definition) is 4. The van der Waals surface area contributed by atoms with Crippen LogP contribution in [0.1, 0.15) is 38.2 Å². The van der Waals surface area contributed by atoms with E-state index in [1.165, 1.54) is 0 Å². The normalized spacial score (nSPS) is 19.8. The molecule has 0 aliphatic carbocycles. The van der Waals surface area contributed by atoms with Crippen molar-refractivity contribution in [2.75, 3.05) is 20.8 Å². The fourth-order valence-corrected chi connectivity index (χ4v) is 4.20. The minimum atomic E-state index is -0.406. The third-order valence-electron chi connectivity index (χ3n) is 5.61. The number of hydrogen-bond donors (Lipinski definition) is 2. The predicted octanol–water partition coefficient (Wildman–Crippen LogP) is 2.97. The third-order valence-corrected chi connectivity index (χ3v) is 5.61. The van der Waals surface area contributed by atoms with Crippen molar-refractivity contribution in [2.45, 2.75) is 50.6 Å². The first-order valence-electron chi connectivity index (χ1n) is 10.1. The molecule has 2 N–H and O–H groups in total. The highest BCUT2D eigenvalue weighted by atomic mass is 16.5. The molecule has 1 aliphatic heterocycles. The summed E-state index contributed by atoms with van der Waals surface area (Å²) in [5.41, 5.74) is 0.743. The number of carbonyl (C=O) groups excluding carboxylic acids is 2. The van der Waals surface area contributed by atoms with Crippen LogP contribution in [-0.4, -0.2) is 44.2 Å². The van der Waals surface area contributed by atoms with Crippen LogP contribution in [0.3, 0.4) is 0 Å². The van der Waals surface area contributed by atoms with E-state index in [-0.39, 0.29) is 17.9 Å². The maximum Gasteiger partial charge on any atom is 0.220 e. The van der Waals surface area contributed by atoms with E-state index in [0.717, 1.165) is 28.5 Å². The van der Waals surface area contributed by atoms with E-state index in [9.17, 15) is 9.59 Å². The second-order valence-corrected chi connectivity index (χ2v) is 7.90. The summed E-state index contributed by atoms with van der Waals surface area (Å²) in [5, 5.41) is 8.29. The summed E-state index contributed by atoms with van der Waals surface area (Å²) < 4.78 is 10.6. The summed E-state index contributed by atoms with van der Waals surface area (Å²) in [5.74, 6) is 0.867. The van der Waals surface area contributed by atoms with Crippen LogP contribution < -0.4 is 15.4 Å². The summed E-state index contributed by atoms with van der Waals surface area (Å²) in [6.45, 7) is 2.39. The molecular weight excluding hydrogens is 368 g/mol. The standard InChI is InChI=1S/C23H30N2O4/c1-16(15-28-2)24-21(26)10-12-23(13-11-22(27)25-23)14-17-8-9-20(29-3)19-7-5-4-6-18(17)19/h4-9,16H,10-15H2,1-3H3,(H,24,26)(H,25,27). The maximum atomic E-state index is 12.4. The fraction of sp³-hybridized carbons (Fsp3) is 0.478. The number of nitrogens with one attached hydrogen (secondary N) is 2. The molecule has 2 amide bonds. The Hall–Kier alpha value is -2.60. The number of ether oxygens (including phenoxy) is 2. The van der Waals surface area contributed by atoms with Gasteiger partial charge in [0, 0.05) is 36.9 Å². The molecule has 2 unspecified atom stereocenters. The van der Waals surface area contributed by atoms with E-state index < -0.39 is 5.54 Å². The van der Waals surface area contributed by atoms with Crippen molar-refractivity contribution in [3.05, 3.63) is 42.0 Å². The molecule has 156 valence electrons. The quantitative estimate of drug-likeness (QED) is 0.681. The molecular formula is C23H30N2O4. The lowest BCUT2D eigenvalue weighted by Gasteiger charge is -2.30. The highest BCUT2D eigenvalue weighted by molar-refractivity contribution is 5.91. The summed E-state index contributed by atoms with van der Waals surface area (Å²) in [6, 6.07) is 12.1. The molecule has 1 saturated heterocycles. The topological polar surface area (TPSA) is 76.7 Å². The van der Waals surface area contributed by atoms with Gasteiger partial charge in [-0.2, -0.15) is 0 Å². The van der Waals surface area contributed by atoms with Gasteiger partial charge in [0.15, 0.2) is 0 Å². The Bertz CT molecular complexity index is 882. The first-order chi connectivity index (χ1) is 14.0. The van der Waals surface area contributed by atoms with Gasteiger partial charge in [-0.1, -0.05) is 30.3 Å². The molecule has 0 radical (unpaired) electrons. The van der Waals surface area contributed by atoms with E-state index in [4.69, 9.17) is 9.47 Å². The molecule has 1 fully saturated rings. The Morgan fingerprint density at radius 2 is 1.97 bits per heavy atom. The molecule has 2 atom stereocenters. The van der Waals surface area contributed by atoms with Crippen LogP contribution in [0.5, 0.6) is 5.75 Å². The average molecular weight is 399 g/mol. The van der Waals surface area contributed by atoms with Crippen molar-refractivity contribution in [1.29, 1.82) is 0 Å². The Balaban J connectivity index is 1.79. The zero-order chi connectivity index (χ0) is 20.9. The maximum absolute atomic E-state index is 12.4. The highest BCUT2D eigenvalue weighted by Gasteiger charge is 2.38. The Labute approximate surface area is 172 Å². The Morgan fingerprint density at radius 3 is 2.62 bits per heavy atom. The molecule has 2 aromatic rings. The van der Waals surface area contributed by atoms with Crippen LogP contribution in [-0.2, 0) is 20.7 Å². The average Bonchev–Trinajstić information content (AvgIpc) is 3.08. The first-order valence-corrected chi connectivity index (χ1v) is 10.1. The van der Waals surface area contributed by atoms with Gasteiger partial charge in [0.1, 0.15) is 5.75 Å². The summed E-state index contributed by atoms with van der Waals surface area (Å²) >= 11 is 0. The Morgan fingerprint density at radius 1 is 1.21 bits per heavy atom. The zero-order valence-corrected chi connectivity index (χ0v) is 17.4. The molecule has 6 heteroatoms. The number of amides is 2. The van der Waals surface area contributed by atoms with Crippen molar-refractivity contribution in [3.63, 3.8) is 0 Å². The van der Waals surface area contributed by atoms with Gasteiger partial charge in [-0.3, -0.25) is 9.59 Å². The molecule has 3 rings (SSSR count). The number of methoxy groups -OCH3 is 2. The van der Waals surface area contributed by atoms with E-state index >= 15 is 0 Å². The fourth-order valence-electron chi connectivity index (χ4n) is 4.20. The van der Waals surface area contributed by atoms with Crippen LogP contribution >= 0.6 is 0 Å². The lowest BCUT2D eigenvalue weighted by molar-refractivity contribution is -0.123. The van der Waals surface area contributed by atoms with Gasteiger partial charge in [-0.05, 0) is 43.2 Å². The van der Waals surface area contributed by atoms with Crippen LogP contribution in [0, 0.1) is 0 Å². The molecule has 2 aromatic carbocycles. The van der Waals surface area contributed by atoms with Crippen molar-refractivity contribution < 1.29 is 19.1 Å². The molecule has 1 aliphatic rings. The van der Waals surface area contributed by atoms with Gasteiger partial charge < -0.3 is 20.1 Å². The zero-order valence-electron chi connectivity index (χ0n) is 17.4. The predicted molar refractivity (Wildman–Crippen MR) is 113 cm³/mol. The Kier molecular flexibility index (Phi) is 6.75. The largest absolute Gasteiger partial charge is 0.496 e. The van der Waals surface area contributed by atoms with Gasteiger partial charge in [0.05, 0.1) is 13.7 Å². The third kappa shape index (κ3) is 5.07. The number of carbonyl (C=O) groups is 2. The molecule has 1 heterocycles. The van der Waals surface area contributed by atoms with E-state index in [0.29, 0.717) is 32.3 Å². The van der Waals surface area contributed by atoms with Gasteiger partial charge in [-0.15, -0.1) is 0 Å². The van der Waals surface area contributed by atoms with Gasteiger partial charge >= 0.3 is 0 Å². The van der Waals surface area contributed by atoms with Crippen LogP contribution in [0.2, 0.25) is 0 Å². The number of rotatable bonds is 9. The molecule has 0 aromatic heterocycles. The van der Waals surface area contributed by atoms with Gasteiger partial charge in [0.25, 0.3) is 0 Å². The van der Waals surface area contributed by atoms with E-state index in [2.05, 4.69) is 22.8 Å². The van der Waals surface area contributed by atoms with Crippen LogP contribution in [0.15, 0.2) is 36.4 Å². The first kappa shape index (κ1) is 21.1.